The number of nitrogens with one attached hydrogen (secondary N) is 1. The lowest BCUT2D eigenvalue weighted by Gasteiger charge is -2.51. The van der Waals surface area contributed by atoms with Gasteiger partial charge in [0, 0.05) is 12.3 Å². The molecule has 1 rings (SSSR count). The molecule has 19 heavy (non-hydrogen) atoms. The average Bonchev–Trinajstić information content (AvgIpc) is 2.21. The van der Waals surface area contributed by atoms with E-state index >= 15 is 0 Å². The molecule has 2 N–H and O–H groups in total. The van der Waals surface area contributed by atoms with Crippen LogP contribution in [0.5, 0.6) is 0 Å². The van der Waals surface area contributed by atoms with E-state index in [1.807, 2.05) is 13.8 Å². The third-order valence-corrected chi connectivity index (χ3v) is 5.30. The molecule has 0 aliphatic heterocycles. The molecule has 7 heteroatoms. The van der Waals surface area contributed by atoms with Gasteiger partial charge in [-0.1, -0.05) is 61.6 Å². The summed E-state index contributed by atoms with van der Waals surface area (Å²) in [6.07, 6.45) is -0.0306. The molecule has 0 aromatic carbocycles. The van der Waals surface area contributed by atoms with Crippen molar-refractivity contribution < 1.29 is 14.7 Å². The van der Waals surface area contributed by atoms with Crippen LogP contribution in [0.2, 0.25) is 0 Å². The van der Waals surface area contributed by atoms with Crippen LogP contribution in [0.15, 0.2) is 0 Å². The van der Waals surface area contributed by atoms with Gasteiger partial charge in [0.2, 0.25) is 5.91 Å². The predicted octanol–water partition coefficient (Wildman–Crippen LogP) is 2.90. The lowest BCUT2D eigenvalue weighted by molar-refractivity contribution is -0.141. The Bertz CT molecular complexity index is 379. The van der Waals surface area contributed by atoms with Crippen LogP contribution >= 0.6 is 47.8 Å². The second kappa shape index (κ2) is 6.12. The number of alkyl halides is 3. The normalized spacial score (nSPS) is 27.3. The molecule has 0 saturated heterocycles. The summed E-state index contributed by atoms with van der Waals surface area (Å²) in [5.74, 6) is 0.166. The van der Waals surface area contributed by atoms with Gasteiger partial charge in [0.15, 0.2) is 8.37 Å². The van der Waals surface area contributed by atoms with E-state index in [1.165, 1.54) is 0 Å². The number of hydrogen-bond donors (Lipinski definition) is 2. The Labute approximate surface area is 138 Å². The number of ketones is 1. The number of hydrogen-bond acceptors (Lipinski definition) is 3. The van der Waals surface area contributed by atoms with Crippen LogP contribution in [0.3, 0.4) is 0 Å². The smallest absolute Gasteiger partial charge is 0.222 e. The molecule has 0 bridgehead atoms. The second-order valence-electron chi connectivity index (χ2n) is 5.63. The van der Waals surface area contributed by atoms with Gasteiger partial charge >= 0.3 is 0 Å². The molecule has 0 unspecified atom stereocenters. The zero-order valence-electron chi connectivity index (χ0n) is 11.0. The topological polar surface area (TPSA) is 66.4 Å². The highest BCUT2D eigenvalue weighted by Gasteiger charge is 2.50. The molecule has 4 nitrogen and oxygen atoms in total. The minimum absolute atomic E-state index is 0.0397. The molecule has 1 amide bonds. The summed E-state index contributed by atoms with van der Waals surface area (Å²) < 4.78 is -0.931. The summed E-state index contributed by atoms with van der Waals surface area (Å²) in [6, 6.07) is 0. The zero-order chi connectivity index (χ0) is 15.0. The van der Waals surface area contributed by atoms with E-state index in [-0.39, 0.29) is 28.9 Å². The molecule has 110 valence electrons. The SMILES string of the molecule is CC(=O)[C@@H]1C[C@@H](CC(=O)N[C@H](O)C(Br)(Br)Br)C1(C)C. The highest BCUT2D eigenvalue weighted by atomic mass is 80.0. The zero-order valence-corrected chi connectivity index (χ0v) is 15.8. The Kier molecular flexibility index (Phi) is 5.66. The Hall–Kier alpha value is 0.540. The van der Waals surface area contributed by atoms with Crippen molar-refractivity contribution in [1.82, 2.24) is 5.32 Å². The standard InChI is InChI=1S/C12H18Br3NO3/c1-6(17)8-4-7(11(8,2)3)5-9(18)16-10(19)12(13,14)15/h7-8,10,19H,4-5H2,1-3H3,(H,16,18)/t7-,8-,10+/m0/s1. The first-order valence-corrected chi connectivity index (χ1v) is 8.38. The fraction of sp³-hybridized carbons (Fsp3) is 0.833. The van der Waals surface area contributed by atoms with Gasteiger partial charge < -0.3 is 10.4 Å². The first-order valence-electron chi connectivity index (χ1n) is 6.01. The fourth-order valence-corrected chi connectivity index (χ4v) is 2.91. The molecular formula is C12H18Br3NO3. The number of aliphatic hydroxyl groups excluding tert-OH is 1. The first-order chi connectivity index (χ1) is 8.46. The first kappa shape index (κ1) is 17.6. The molecule has 1 aliphatic carbocycles. The Balaban J connectivity index is 2.50. The van der Waals surface area contributed by atoms with Crippen molar-refractivity contribution in [2.45, 2.75) is 42.0 Å². The van der Waals surface area contributed by atoms with Crippen molar-refractivity contribution in [3.63, 3.8) is 0 Å². The molecule has 0 heterocycles. The highest BCUT2D eigenvalue weighted by molar-refractivity contribution is 9.39. The molecule has 0 aromatic heterocycles. The summed E-state index contributed by atoms with van der Waals surface area (Å²) in [4.78, 5) is 23.3. The van der Waals surface area contributed by atoms with Crippen molar-refractivity contribution in [2.24, 2.45) is 17.3 Å². The maximum atomic E-state index is 11.8. The number of aliphatic hydroxyl groups is 1. The summed E-state index contributed by atoms with van der Waals surface area (Å²) in [5.41, 5.74) is -0.150. The minimum Gasteiger partial charge on any atom is -0.370 e. The van der Waals surface area contributed by atoms with E-state index in [0.29, 0.717) is 6.42 Å². The van der Waals surface area contributed by atoms with E-state index in [4.69, 9.17) is 0 Å². The largest absolute Gasteiger partial charge is 0.370 e. The van der Waals surface area contributed by atoms with Gasteiger partial charge in [0.25, 0.3) is 0 Å². The number of halogens is 3. The van der Waals surface area contributed by atoms with Gasteiger partial charge in [-0.25, -0.2) is 0 Å². The third kappa shape index (κ3) is 4.25. The van der Waals surface area contributed by atoms with E-state index in [9.17, 15) is 14.7 Å². The molecule has 1 fully saturated rings. The van der Waals surface area contributed by atoms with E-state index in [0.717, 1.165) is 6.42 Å². The molecule has 1 saturated carbocycles. The summed E-state index contributed by atoms with van der Waals surface area (Å²) in [6.45, 7) is 5.63. The van der Waals surface area contributed by atoms with Crippen molar-refractivity contribution in [2.75, 3.05) is 0 Å². The monoisotopic (exact) mass is 461 g/mol. The third-order valence-electron chi connectivity index (χ3n) is 4.00. The maximum absolute atomic E-state index is 11.8. The van der Waals surface area contributed by atoms with Gasteiger partial charge in [-0.05, 0) is 24.7 Å². The van der Waals surface area contributed by atoms with Crippen molar-refractivity contribution >= 4 is 59.5 Å². The highest BCUT2D eigenvalue weighted by Crippen LogP contribution is 2.53. The van der Waals surface area contributed by atoms with Crippen LogP contribution in [0.4, 0.5) is 0 Å². The number of rotatable bonds is 4. The Morgan fingerprint density at radius 2 is 1.95 bits per heavy atom. The molecule has 0 spiro atoms. The molecule has 3 atom stereocenters. The predicted molar refractivity (Wildman–Crippen MR) is 84.3 cm³/mol. The van der Waals surface area contributed by atoms with Crippen molar-refractivity contribution in [1.29, 1.82) is 0 Å². The van der Waals surface area contributed by atoms with Gasteiger partial charge in [-0.3, -0.25) is 9.59 Å². The fourth-order valence-electron chi connectivity index (χ4n) is 2.57. The summed E-state index contributed by atoms with van der Waals surface area (Å²) >= 11 is 9.43. The van der Waals surface area contributed by atoms with Crippen LogP contribution in [0.25, 0.3) is 0 Å². The molecule has 0 radical (unpaired) electrons. The van der Waals surface area contributed by atoms with Crippen LogP contribution in [0.1, 0.15) is 33.6 Å². The Morgan fingerprint density at radius 1 is 1.42 bits per heavy atom. The van der Waals surface area contributed by atoms with E-state index in [1.54, 1.807) is 6.92 Å². The summed E-state index contributed by atoms with van der Waals surface area (Å²) in [5, 5.41) is 12.2. The molecule has 0 aromatic rings. The molecular weight excluding hydrogens is 446 g/mol. The van der Waals surface area contributed by atoms with E-state index in [2.05, 4.69) is 53.1 Å². The van der Waals surface area contributed by atoms with Crippen LogP contribution in [0, 0.1) is 17.3 Å². The number of carbonyl (C=O) groups excluding carboxylic acids is 2. The van der Waals surface area contributed by atoms with Gasteiger partial charge in [0.1, 0.15) is 5.78 Å². The quantitative estimate of drug-likeness (QED) is 0.497. The number of Topliss-reactive ketones (excluding diaryl/α,β-unsaturated/α-hetero) is 1. The maximum Gasteiger partial charge on any atom is 0.222 e. The molecule has 1 aliphatic rings. The van der Waals surface area contributed by atoms with Crippen molar-refractivity contribution in [3.05, 3.63) is 0 Å². The number of amides is 1. The lowest BCUT2D eigenvalue weighted by atomic mass is 9.52. The van der Waals surface area contributed by atoms with Crippen LogP contribution in [-0.2, 0) is 9.59 Å². The van der Waals surface area contributed by atoms with Gasteiger partial charge in [0.05, 0.1) is 0 Å². The van der Waals surface area contributed by atoms with E-state index < -0.39 is 8.37 Å². The number of carbonyl (C=O) groups is 2. The van der Waals surface area contributed by atoms with Crippen LogP contribution in [-0.4, -0.2) is 25.2 Å². The van der Waals surface area contributed by atoms with Crippen molar-refractivity contribution in [3.8, 4) is 0 Å². The average molecular weight is 464 g/mol. The Morgan fingerprint density at radius 3 is 2.32 bits per heavy atom. The van der Waals surface area contributed by atoms with Gasteiger partial charge in [-0.2, -0.15) is 0 Å². The second-order valence-corrected chi connectivity index (χ2v) is 12.6. The summed E-state index contributed by atoms with van der Waals surface area (Å²) in [7, 11) is 0. The van der Waals surface area contributed by atoms with Gasteiger partial charge in [-0.15, -0.1) is 0 Å². The van der Waals surface area contributed by atoms with Crippen LogP contribution < -0.4 is 5.32 Å². The lowest BCUT2D eigenvalue weighted by Crippen LogP contribution is -2.51. The minimum atomic E-state index is -1.09.